The van der Waals surface area contributed by atoms with Crippen LogP contribution in [0.4, 0.5) is 0 Å². The van der Waals surface area contributed by atoms with Gasteiger partial charge >= 0.3 is 0 Å². The Bertz CT molecular complexity index is 179. The first-order chi connectivity index (χ1) is 7.10. The molecule has 4 atom stereocenters. The van der Waals surface area contributed by atoms with Gasteiger partial charge in [-0.3, -0.25) is 4.90 Å². The zero-order valence-corrected chi connectivity index (χ0v) is 10.9. The Morgan fingerprint density at radius 3 is 2.53 bits per heavy atom. The highest BCUT2D eigenvalue weighted by molar-refractivity contribution is 4.89. The van der Waals surface area contributed by atoms with E-state index in [0.717, 1.165) is 5.92 Å². The highest BCUT2D eigenvalue weighted by Gasteiger charge is 2.31. The Morgan fingerprint density at radius 1 is 1.33 bits per heavy atom. The molecule has 0 amide bonds. The van der Waals surface area contributed by atoms with Gasteiger partial charge in [-0.25, -0.2) is 0 Å². The molecule has 0 aromatic carbocycles. The fraction of sp³-hybridized carbons (Fsp3) is 1.00. The van der Waals surface area contributed by atoms with Gasteiger partial charge < -0.3 is 5.73 Å². The molecule has 1 aliphatic carbocycles. The highest BCUT2D eigenvalue weighted by Crippen LogP contribution is 2.29. The van der Waals surface area contributed by atoms with Gasteiger partial charge in [-0.15, -0.1) is 0 Å². The minimum Gasteiger partial charge on any atom is -0.326 e. The standard InChI is InChI=1S/C13H28N2/c1-5-10(3)15(4)13-9-11(6-2)7-8-12(13)14/h10-13H,5-9,14H2,1-4H3. The second kappa shape index (κ2) is 5.86. The molecular weight excluding hydrogens is 184 g/mol. The predicted molar refractivity (Wildman–Crippen MR) is 66.9 cm³/mol. The van der Waals surface area contributed by atoms with Gasteiger partial charge in [-0.05, 0) is 45.6 Å². The summed E-state index contributed by atoms with van der Waals surface area (Å²) in [6.45, 7) is 6.87. The van der Waals surface area contributed by atoms with E-state index in [-0.39, 0.29) is 0 Å². The van der Waals surface area contributed by atoms with Crippen LogP contribution in [0.2, 0.25) is 0 Å². The monoisotopic (exact) mass is 212 g/mol. The topological polar surface area (TPSA) is 29.3 Å². The summed E-state index contributed by atoms with van der Waals surface area (Å²) in [4.78, 5) is 2.51. The average Bonchev–Trinajstić information content (AvgIpc) is 2.27. The number of likely N-dealkylation sites (N-methyl/N-ethyl adjacent to an activating group) is 1. The summed E-state index contributed by atoms with van der Waals surface area (Å²) in [5, 5.41) is 0. The summed E-state index contributed by atoms with van der Waals surface area (Å²) < 4.78 is 0. The largest absolute Gasteiger partial charge is 0.326 e. The molecule has 1 saturated carbocycles. The Balaban J connectivity index is 2.56. The van der Waals surface area contributed by atoms with Gasteiger partial charge in [-0.1, -0.05) is 20.3 Å². The third kappa shape index (κ3) is 3.18. The molecule has 2 nitrogen and oxygen atoms in total. The molecule has 90 valence electrons. The molecule has 1 aliphatic rings. The van der Waals surface area contributed by atoms with E-state index in [1.807, 2.05) is 0 Å². The van der Waals surface area contributed by atoms with Crippen molar-refractivity contribution in [3.63, 3.8) is 0 Å². The molecule has 0 saturated heterocycles. The van der Waals surface area contributed by atoms with Crippen LogP contribution in [0, 0.1) is 5.92 Å². The lowest BCUT2D eigenvalue weighted by Gasteiger charge is -2.42. The van der Waals surface area contributed by atoms with Crippen molar-refractivity contribution in [3.8, 4) is 0 Å². The summed E-state index contributed by atoms with van der Waals surface area (Å²) in [6, 6.07) is 1.67. The van der Waals surface area contributed by atoms with E-state index in [2.05, 4.69) is 32.7 Å². The van der Waals surface area contributed by atoms with Gasteiger partial charge in [0.15, 0.2) is 0 Å². The molecule has 1 fully saturated rings. The molecular formula is C13H28N2. The summed E-state index contributed by atoms with van der Waals surface area (Å²) in [5.74, 6) is 0.904. The second-order valence-electron chi connectivity index (χ2n) is 5.24. The summed E-state index contributed by atoms with van der Waals surface area (Å²) in [5.41, 5.74) is 6.25. The second-order valence-corrected chi connectivity index (χ2v) is 5.24. The first-order valence-electron chi connectivity index (χ1n) is 6.57. The lowest BCUT2D eigenvalue weighted by molar-refractivity contribution is 0.101. The molecule has 2 N–H and O–H groups in total. The van der Waals surface area contributed by atoms with Crippen molar-refractivity contribution in [1.82, 2.24) is 4.90 Å². The maximum Gasteiger partial charge on any atom is 0.0249 e. The zero-order chi connectivity index (χ0) is 11.4. The lowest BCUT2D eigenvalue weighted by atomic mass is 9.80. The number of hydrogen-bond acceptors (Lipinski definition) is 2. The SMILES string of the molecule is CCC1CCC(N)C(N(C)C(C)CC)C1. The summed E-state index contributed by atoms with van der Waals surface area (Å²) >= 11 is 0. The van der Waals surface area contributed by atoms with Crippen LogP contribution < -0.4 is 5.73 Å². The molecule has 0 aliphatic heterocycles. The van der Waals surface area contributed by atoms with Crippen LogP contribution in [0.1, 0.15) is 52.9 Å². The molecule has 0 aromatic rings. The van der Waals surface area contributed by atoms with Crippen molar-refractivity contribution in [1.29, 1.82) is 0 Å². The zero-order valence-electron chi connectivity index (χ0n) is 10.9. The Labute approximate surface area is 95.2 Å². The first kappa shape index (κ1) is 13.0. The number of nitrogens with zero attached hydrogens (tertiary/aromatic N) is 1. The first-order valence-corrected chi connectivity index (χ1v) is 6.57. The van der Waals surface area contributed by atoms with E-state index >= 15 is 0 Å². The Hall–Kier alpha value is -0.0800. The molecule has 0 radical (unpaired) electrons. The quantitative estimate of drug-likeness (QED) is 0.776. The number of rotatable bonds is 4. The van der Waals surface area contributed by atoms with Gasteiger partial charge in [0.2, 0.25) is 0 Å². The molecule has 4 unspecified atom stereocenters. The van der Waals surface area contributed by atoms with Gasteiger partial charge in [-0.2, -0.15) is 0 Å². The van der Waals surface area contributed by atoms with Crippen LogP contribution in [0.3, 0.4) is 0 Å². The fourth-order valence-corrected chi connectivity index (χ4v) is 2.71. The average molecular weight is 212 g/mol. The summed E-state index contributed by atoms with van der Waals surface area (Å²) in [7, 11) is 2.25. The van der Waals surface area contributed by atoms with Crippen molar-refractivity contribution in [2.45, 2.75) is 71.0 Å². The molecule has 15 heavy (non-hydrogen) atoms. The van der Waals surface area contributed by atoms with Crippen molar-refractivity contribution >= 4 is 0 Å². The van der Waals surface area contributed by atoms with Gasteiger partial charge in [0.25, 0.3) is 0 Å². The summed E-state index contributed by atoms with van der Waals surface area (Å²) in [6.07, 6.45) is 6.39. The third-order valence-corrected chi connectivity index (χ3v) is 4.36. The van der Waals surface area contributed by atoms with E-state index in [1.54, 1.807) is 0 Å². The van der Waals surface area contributed by atoms with E-state index in [1.165, 1.54) is 32.1 Å². The molecule has 2 heteroatoms. The fourth-order valence-electron chi connectivity index (χ4n) is 2.71. The molecule has 0 aromatic heterocycles. The van der Waals surface area contributed by atoms with Crippen molar-refractivity contribution in [2.24, 2.45) is 11.7 Å². The normalized spacial score (nSPS) is 34.4. The molecule has 0 bridgehead atoms. The van der Waals surface area contributed by atoms with Crippen LogP contribution in [0.25, 0.3) is 0 Å². The van der Waals surface area contributed by atoms with Gasteiger partial charge in [0.05, 0.1) is 0 Å². The van der Waals surface area contributed by atoms with Crippen LogP contribution in [0.15, 0.2) is 0 Å². The lowest BCUT2D eigenvalue weighted by Crippen LogP contribution is -2.52. The van der Waals surface area contributed by atoms with Crippen LogP contribution in [-0.4, -0.2) is 30.1 Å². The van der Waals surface area contributed by atoms with Crippen molar-refractivity contribution in [3.05, 3.63) is 0 Å². The van der Waals surface area contributed by atoms with Gasteiger partial charge in [0.1, 0.15) is 0 Å². The van der Waals surface area contributed by atoms with E-state index in [4.69, 9.17) is 5.73 Å². The Kier molecular flexibility index (Phi) is 5.07. The predicted octanol–water partition coefficient (Wildman–Crippen LogP) is 2.62. The third-order valence-electron chi connectivity index (χ3n) is 4.36. The molecule has 1 rings (SSSR count). The van der Waals surface area contributed by atoms with E-state index in [9.17, 15) is 0 Å². The van der Waals surface area contributed by atoms with Crippen LogP contribution >= 0.6 is 0 Å². The molecule has 0 heterocycles. The smallest absolute Gasteiger partial charge is 0.0249 e. The maximum atomic E-state index is 6.25. The minimum atomic E-state index is 0.395. The number of hydrogen-bond donors (Lipinski definition) is 1. The Morgan fingerprint density at radius 2 is 2.00 bits per heavy atom. The van der Waals surface area contributed by atoms with Gasteiger partial charge in [0, 0.05) is 18.1 Å². The van der Waals surface area contributed by atoms with E-state index in [0.29, 0.717) is 18.1 Å². The number of nitrogens with two attached hydrogens (primary N) is 1. The maximum absolute atomic E-state index is 6.25. The van der Waals surface area contributed by atoms with Crippen LogP contribution in [-0.2, 0) is 0 Å². The van der Waals surface area contributed by atoms with E-state index < -0.39 is 0 Å². The van der Waals surface area contributed by atoms with Crippen LogP contribution in [0.5, 0.6) is 0 Å². The highest BCUT2D eigenvalue weighted by atomic mass is 15.2. The minimum absolute atomic E-state index is 0.395. The van der Waals surface area contributed by atoms with Crippen molar-refractivity contribution in [2.75, 3.05) is 7.05 Å². The molecule has 0 spiro atoms. The van der Waals surface area contributed by atoms with Crippen molar-refractivity contribution < 1.29 is 0 Å².